The Kier molecular flexibility index (Phi) is 6.33. The summed E-state index contributed by atoms with van der Waals surface area (Å²) in [6, 6.07) is 10.0. The highest BCUT2D eigenvalue weighted by atomic mass is 32.2. The van der Waals surface area contributed by atoms with E-state index in [4.69, 9.17) is 4.74 Å². The van der Waals surface area contributed by atoms with Crippen molar-refractivity contribution in [3.05, 3.63) is 47.5 Å². The molecule has 1 aliphatic rings. The summed E-state index contributed by atoms with van der Waals surface area (Å²) < 4.78 is 60.9. The second-order valence-electron chi connectivity index (χ2n) is 7.77. The zero-order chi connectivity index (χ0) is 22.1. The van der Waals surface area contributed by atoms with Gasteiger partial charge in [0.15, 0.2) is 0 Å². The first kappa shape index (κ1) is 22.4. The van der Waals surface area contributed by atoms with Gasteiger partial charge in [-0.3, -0.25) is 9.03 Å². The third kappa shape index (κ3) is 4.73. The summed E-state index contributed by atoms with van der Waals surface area (Å²) in [7, 11) is -7.28. The van der Waals surface area contributed by atoms with Gasteiger partial charge < -0.3 is 4.74 Å². The largest absolute Gasteiger partial charge is 0.489 e. The third-order valence-corrected chi connectivity index (χ3v) is 8.26. The van der Waals surface area contributed by atoms with Crippen molar-refractivity contribution in [2.45, 2.75) is 51.5 Å². The van der Waals surface area contributed by atoms with E-state index in [1.807, 2.05) is 13.8 Å². The summed E-state index contributed by atoms with van der Waals surface area (Å²) in [6.07, 6.45) is 1.32. The minimum Gasteiger partial charge on any atom is -0.489 e. The van der Waals surface area contributed by atoms with Crippen LogP contribution in [0.2, 0.25) is 0 Å². The Labute approximate surface area is 179 Å². The van der Waals surface area contributed by atoms with Crippen molar-refractivity contribution in [3.63, 3.8) is 0 Å². The fourth-order valence-electron chi connectivity index (χ4n) is 3.50. The van der Waals surface area contributed by atoms with E-state index in [2.05, 4.69) is 4.72 Å². The van der Waals surface area contributed by atoms with Crippen LogP contribution in [0, 0.1) is 13.8 Å². The van der Waals surface area contributed by atoms with Gasteiger partial charge in [-0.05, 0) is 75.9 Å². The summed E-state index contributed by atoms with van der Waals surface area (Å²) >= 11 is 0. The standard InChI is InChI=1S/C21H28N2O5S2/c1-15(2)28-20-10-6-5-9-18(20)22-30(26,27)21-14-16(3)19(13-17(21)4)23-11-7-8-12-29(23,24)25/h5-6,9-10,13-15,22H,7-8,11-12H2,1-4H3. The summed E-state index contributed by atoms with van der Waals surface area (Å²) in [6.45, 7) is 7.55. The van der Waals surface area contributed by atoms with Crippen molar-refractivity contribution in [1.29, 1.82) is 0 Å². The van der Waals surface area contributed by atoms with Gasteiger partial charge in [0.05, 0.1) is 28.1 Å². The molecule has 1 fully saturated rings. The summed E-state index contributed by atoms with van der Waals surface area (Å²) in [5.74, 6) is 0.557. The lowest BCUT2D eigenvalue weighted by Crippen LogP contribution is -2.38. The highest BCUT2D eigenvalue weighted by Crippen LogP contribution is 2.33. The molecule has 0 spiro atoms. The molecule has 0 saturated carbocycles. The van der Waals surface area contributed by atoms with Gasteiger partial charge in [0.2, 0.25) is 10.0 Å². The zero-order valence-electron chi connectivity index (χ0n) is 17.7. The maximum atomic E-state index is 13.1. The molecule has 7 nitrogen and oxygen atoms in total. The second-order valence-corrected chi connectivity index (χ2v) is 11.4. The van der Waals surface area contributed by atoms with Gasteiger partial charge in [-0.2, -0.15) is 0 Å². The molecular formula is C21H28N2O5S2. The molecule has 1 aliphatic heterocycles. The molecule has 0 amide bonds. The first-order chi connectivity index (χ1) is 14.0. The molecule has 2 aromatic carbocycles. The van der Waals surface area contributed by atoms with Crippen LogP contribution in [0.25, 0.3) is 0 Å². The number of anilines is 2. The van der Waals surface area contributed by atoms with Gasteiger partial charge >= 0.3 is 0 Å². The maximum Gasteiger partial charge on any atom is 0.262 e. The van der Waals surface area contributed by atoms with Gasteiger partial charge in [0.1, 0.15) is 5.75 Å². The van der Waals surface area contributed by atoms with Crippen molar-refractivity contribution >= 4 is 31.4 Å². The molecule has 0 aliphatic carbocycles. The lowest BCUT2D eigenvalue weighted by Gasteiger charge is -2.30. The number of benzene rings is 2. The highest BCUT2D eigenvalue weighted by molar-refractivity contribution is 7.93. The zero-order valence-corrected chi connectivity index (χ0v) is 19.3. The Morgan fingerprint density at radius 2 is 1.77 bits per heavy atom. The van der Waals surface area contributed by atoms with E-state index in [-0.39, 0.29) is 16.8 Å². The quantitative estimate of drug-likeness (QED) is 0.719. The van der Waals surface area contributed by atoms with E-state index in [1.54, 1.807) is 44.2 Å². The topological polar surface area (TPSA) is 92.8 Å². The van der Waals surface area contributed by atoms with E-state index in [0.29, 0.717) is 41.2 Å². The molecular weight excluding hydrogens is 424 g/mol. The Bertz CT molecular complexity index is 1140. The van der Waals surface area contributed by atoms with Crippen LogP contribution in [-0.2, 0) is 20.0 Å². The molecule has 164 valence electrons. The Morgan fingerprint density at radius 1 is 1.07 bits per heavy atom. The van der Waals surface area contributed by atoms with E-state index >= 15 is 0 Å². The molecule has 0 atom stereocenters. The summed E-state index contributed by atoms with van der Waals surface area (Å²) in [5.41, 5.74) is 1.96. The van der Waals surface area contributed by atoms with Crippen LogP contribution in [0.1, 0.15) is 37.8 Å². The summed E-state index contributed by atoms with van der Waals surface area (Å²) in [5, 5.41) is 0. The van der Waals surface area contributed by atoms with Gasteiger partial charge in [0, 0.05) is 6.54 Å². The number of rotatable bonds is 6. The van der Waals surface area contributed by atoms with Crippen LogP contribution in [-0.4, -0.2) is 35.2 Å². The molecule has 1 N–H and O–H groups in total. The monoisotopic (exact) mass is 452 g/mol. The van der Waals surface area contributed by atoms with Crippen molar-refractivity contribution < 1.29 is 21.6 Å². The predicted molar refractivity (Wildman–Crippen MR) is 119 cm³/mol. The fourth-order valence-corrected chi connectivity index (χ4v) is 6.58. The number of hydrogen-bond donors (Lipinski definition) is 1. The molecule has 1 heterocycles. The normalized spacial score (nSPS) is 16.5. The number of nitrogens with one attached hydrogen (secondary N) is 1. The molecule has 2 aromatic rings. The van der Waals surface area contributed by atoms with E-state index in [0.717, 1.165) is 6.42 Å². The van der Waals surface area contributed by atoms with Gasteiger partial charge in [-0.25, -0.2) is 16.8 Å². The van der Waals surface area contributed by atoms with Gasteiger partial charge in [-0.1, -0.05) is 12.1 Å². The van der Waals surface area contributed by atoms with Crippen molar-refractivity contribution in [2.75, 3.05) is 21.3 Å². The first-order valence-corrected chi connectivity index (χ1v) is 13.0. The number of aryl methyl sites for hydroxylation is 2. The molecule has 0 bridgehead atoms. The average Bonchev–Trinajstić information content (AvgIpc) is 2.64. The number of hydrogen-bond acceptors (Lipinski definition) is 5. The number of para-hydroxylation sites is 2. The minimum atomic E-state index is -3.90. The van der Waals surface area contributed by atoms with E-state index in [1.165, 1.54) is 10.4 Å². The minimum absolute atomic E-state index is 0.106. The molecule has 9 heteroatoms. The van der Waals surface area contributed by atoms with E-state index in [9.17, 15) is 16.8 Å². The molecule has 0 unspecified atom stereocenters. The lowest BCUT2D eigenvalue weighted by atomic mass is 10.1. The molecule has 1 saturated heterocycles. The van der Waals surface area contributed by atoms with Crippen LogP contribution < -0.4 is 13.8 Å². The van der Waals surface area contributed by atoms with Gasteiger partial charge in [0.25, 0.3) is 10.0 Å². The average molecular weight is 453 g/mol. The SMILES string of the molecule is Cc1cc(S(=O)(=O)Nc2ccccc2OC(C)C)c(C)cc1N1CCCCS1(=O)=O. The molecule has 30 heavy (non-hydrogen) atoms. The smallest absolute Gasteiger partial charge is 0.262 e. The van der Waals surface area contributed by atoms with E-state index < -0.39 is 20.0 Å². The highest BCUT2D eigenvalue weighted by Gasteiger charge is 2.29. The second kappa shape index (κ2) is 8.47. The van der Waals surface area contributed by atoms with Crippen molar-refractivity contribution in [3.8, 4) is 5.75 Å². The van der Waals surface area contributed by atoms with Crippen LogP contribution in [0.3, 0.4) is 0 Å². The Hall–Kier alpha value is -2.26. The first-order valence-electron chi connectivity index (χ1n) is 9.91. The Morgan fingerprint density at radius 3 is 2.43 bits per heavy atom. The van der Waals surface area contributed by atoms with Crippen LogP contribution >= 0.6 is 0 Å². The fraction of sp³-hybridized carbons (Fsp3) is 0.429. The van der Waals surface area contributed by atoms with Crippen LogP contribution in [0.4, 0.5) is 11.4 Å². The number of ether oxygens (including phenoxy) is 1. The van der Waals surface area contributed by atoms with Crippen LogP contribution in [0.15, 0.2) is 41.3 Å². The number of sulfonamides is 2. The van der Waals surface area contributed by atoms with Gasteiger partial charge in [-0.15, -0.1) is 0 Å². The molecule has 0 aromatic heterocycles. The third-order valence-electron chi connectivity index (χ3n) is 4.90. The van der Waals surface area contributed by atoms with Crippen molar-refractivity contribution in [1.82, 2.24) is 0 Å². The molecule has 0 radical (unpaired) electrons. The lowest BCUT2D eigenvalue weighted by molar-refractivity contribution is 0.244. The molecule has 3 rings (SSSR count). The summed E-state index contributed by atoms with van der Waals surface area (Å²) in [4.78, 5) is 0.109. The van der Waals surface area contributed by atoms with Crippen molar-refractivity contribution in [2.24, 2.45) is 0 Å². The maximum absolute atomic E-state index is 13.1. The van der Waals surface area contributed by atoms with Crippen LogP contribution in [0.5, 0.6) is 5.75 Å². The predicted octanol–water partition coefficient (Wildman–Crippen LogP) is 3.82. The number of nitrogens with zero attached hydrogens (tertiary/aromatic N) is 1. The Balaban J connectivity index is 1.97.